The molecule has 3 atom stereocenters. The lowest BCUT2D eigenvalue weighted by Crippen LogP contribution is -2.60. The zero-order chi connectivity index (χ0) is 15.2. The van der Waals surface area contributed by atoms with E-state index in [9.17, 15) is 9.90 Å². The average molecular weight is 274 g/mol. The van der Waals surface area contributed by atoms with Crippen molar-refractivity contribution in [2.24, 2.45) is 0 Å². The van der Waals surface area contributed by atoms with Crippen LogP contribution in [0.2, 0.25) is 0 Å². The molecule has 1 rings (SSSR count). The second kappa shape index (κ2) is 7.70. The van der Waals surface area contributed by atoms with Crippen LogP contribution in [0.5, 0.6) is 0 Å². The molecule has 1 heterocycles. The van der Waals surface area contributed by atoms with Crippen molar-refractivity contribution in [2.75, 3.05) is 13.1 Å². The summed E-state index contributed by atoms with van der Waals surface area (Å²) in [4.78, 5) is 13.7. The Kier molecular flexibility index (Phi) is 7.37. The zero-order valence-electron chi connectivity index (χ0n) is 13.4. The van der Waals surface area contributed by atoms with Gasteiger partial charge in [-0.05, 0) is 34.6 Å². The quantitative estimate of drug-likeness (QED) is 0.767. The topological polar surface area (TPSA) is 61.8 Å². The first-order valence-corrected chi connectivity index (χ1v) is 7.12. The third-order valence-corrected chi connectivity index (χ3v) is 2.81. The van der Waals surface area contributed by atoms with Gasteiger partial charge in [0, 0.05) is 19.1 Å². The minimum Gasteiger partial charge on any atom is -0.444 e. The molecule has 5 heteroatoms. The van der Waals surface area contributed by atoms with Crippen molar-refractivity contribution in [1.29, 1.82) is 0 Å². The van der Waals surface area contributed by atoms with Gasteiger partial charge < -0.3 is 20.1 Å². The van der Waals surface area contributed by atoms with E-state index in [-0.39, 0.29) is 18.2 Å². The lowest BCUT2D eigenvalue weighted by molar-refractivity contribution is 0.00132. The van der Waals surface area contributed by atoms with E-state index in [0.717, 1.165) is 0 Å². The van der Waals surface area contributed by atoms with Crippen LogP contribution in [0.3, 0.4) is 0 Å². The van der Waals surface area contributed by atoms with Crippen LogP contribution >= 0.6 is 0 Å². The second-order valence-electron chi connectivity index (χ2n) is 5.74. The van der Waals surface area contributed by atoms with E-state index < -0.39 is 11.7 Å². The SMILES string of the molecule is CC.CC1CN[C@H]([C@H](C)O)CN1C(=O)OC(C)(C)C. The number of piperazine rings is 1. The summed E-state index contributed by atoms with van der Waals surface area (Å²) in [5.74, 6) is 0. The lowest BCUT2D eigenvalue weighted by Gasteiger charge is -2.40. The highest BCUT2D eigenvalue weighted by Crippen LogP contribution is 2.15. The molecule has 1 amide bonds. The fourth-order valence-electron chi connectivity index (χ4n) is 1.79. The normalized spacial score (nSPS) is 25.2. The Morgan fingerprint density at radius 2 is 1.95 bits per heavy atom. The Balaban J connectivity index is 0.00000154. The number of aliphatic hydroxyl groups excluding tert-OH is 1. The molecule has 1 aliphatic rings. The number of nitrogens with one attached hydrogen (secondary N) is 1. The van der Waals surface area contributed by atoms with Crippen LogP contribution in [-0.2, 0) is 4.74 Å². The van der Waals surface area contributed by atoms with E-state index >= 15 is 0 Å². The third kappa shape index (κ3) is 6.25. The summed E-state index contributed by atoms with van der Waals surface area (Å²) < 4.78 is 5.35. The van der Waals surface area contributed by atoms with Gasteiger partial charge in [0.25, 0.3) is 0 Å². The molecule has 0 spiro atoms. The molecular weight excluding hydrogens is 244 g/mol. The van der Waals surface area contributed by atoms with Gasteiger partial charge in [-0.3, -0.25) is 0 Å². The lowest BCUT2D eigenvalue weighted by atomic mass is 10.1. The molecule has 0 aliphatic carbocycles. The molecule has 0 bridgehead atoms. The molecule has 0 aromatic carbocycles. The van der Waals surface area contributed by atoms with Gasteiger partial charge in [-0.2, -0.15) is 0 Å². The fraction of sp³-hybridized carbons (Fsp3) is 0.929. The largest absolute Gasteiger partial charge is 0.444 e. The number of carbonyl (C=O) groups excluding carboxylic acids is 1. The van der Waals surface area contributed by atoms with Gasteiger partial charge in [-0.1, -0.05) is 13.8 Å². The van der Waals surface area contributed by atoms with E-state index in [1.54, 1.807) is 11.8 Å². The molecule has 0 aromatic heterocycles. The molecule has 114 valence electrons. The number of amides is 1. The number of ether oxygens (including phenoxy) is 1. The first-order valence-electron chi connectivity index (χ1n) is 7.12. The van der Waals surface area contributed by atoms with Crippen LogP contribution in [0.4, 0.5) is 4.79 Å². The van der Waals surface area contributed by atoms with Gasteiger partial charge >= 0.3 is 6.09 Å². The molecule has 5 nitrogen and oxygen atoms in total. The summed E-state index contributed by atoms with van der Waals surface area (Å²) in [7, 11) is 0. The Morgan fingerprint density at radius 3 is 2.37 bits per heavy atom. The molecule has 0 aromatic rings. The van der Waals surface area contributed by atoms with E-state index in [1.807, 2.05) is 41.5 Å². The van der Waals surface area contributed by atoms with Gasteiger partial charge in [0.15, 0.2) is 0 Å². The highest BCUT2D eigenvalue weighted by atomic mass is 16.6. The predicted molar refractivity (Wildman–Crippen MR) is 77.2 cm³/mol. The summed E-state index contributed by atoms with van der Waals surface area (Å²) in [5, 5.41) is 12.8. The minimum absolute atomic E-state index is 0.0832. The number of nitrogens with zero attached hydrogens (tertiary/aromatic N) is 1. The van der Waals surface area contributed by atoms with E-state index in [1.165, 1.54) is 0 Å². The Labute approximate surface area is 117 Å². The predicted octanol–water partition coefficient (Wildman–Crippen LogP) is 1.99. The molecule has 1 unspecified atom stereocenters. The smallest absolute Gasteiger partial charge is 0.410 e. The Hall–Kier alpha value is -0.810. The first-order chi connectivity index (χ1) is 8.70. The van der Waals surface area contributed by atoms with E-state index in [0.29, 0.717) is 13.1 Å². The van der Waals surface area contributed by atoms with Gasteiger partial charge in [-0.15, -0.1) is 0 Å². The minimum atomic E-state index is -0.484. The van der Waals surface area contributed by atoms with Crippen molar-refractivity contribution in [3.05, 3.63) is 0 Å². The van der Waals surface area contributed by atoms with Crippen molar-refractivity contribution in [2.45, 2.75) is 72.3 Å². The Bertz CT molecular complexity index is 274. The summed E-state index contributed by atoms with van der Waals surface area (Å²) in [6.45, 7) is 14.4. The average Bonchev–Trinajstić information content (AvgIpc) is 2.29. The van der Waals surface area contributed by atoms with Gasteiger partial charge in [-0.25, -0.2) is 4.79 Å². The molecule has 1 fully saturated rings. The third-order valence-electron chi connectivity index (χ3n) is 2.81. The van der Waals surface area contributed by atoms with Gasteiger partial charge in [0.05, 0.1) is 12.1 Å². The van der Waals surface area contributed by atoms with Crippen molar-refractivity contribution in [1.82, 2.24) is 10.2 Å². The molecule has 0 saturated carbocycles. The van der Waals surface area contributed by atoms with E-state index in [2.05, 4.69) is 5.32 Å². The highest BCUT2D eigenvalue weighted by molar-refractivity contribution is 5.68. The van der Waals surface area contributed by atoms with Crippen LogP contribution in [0.1, 0.15) is 48.5 Å². The van der Waals surface area contributed by atoms with Crippen LogP contribution in [0.25, 0.3) is 0 Å². The maximum atomic E-state index is 12.0. The first kappa shape index (κ1) is 18.2. The van der Waals surface area contributed by atoms with Crippen molar-refractivity contribution < 1.29 is 14.6 Å². The second-order valence-corrected chi connectivity index (χ2v) is 5.74. The monoisotopic (exact) mass is 274 g/mol. The number of hydrogen-bond donors (Lipinski definition) is 2. The molecule has 1 aliphatic heterocycles. The molecule has 2 N–H and O–H groups in total. The van der Waals surface area contributed by atoms with Crippen LogP contribution in [-0.4, -0.2) is 53.0 Å². The summed E-state index contributed by atoms with van der Waals surface area (Å²) in [5.41, 5.74) is -0.484. The summed E-state index contributed by atoms with van der Waals surface area (Å²) >= 11 is 0. The number of carbonyl (C=O) groups is 1. The van der Waals surface area contributed by atoms with Gasteiger partial charge in [0.2, 0.25) is 0 Å². The molecular formula is C14H30N2O3. The van der Waals surface area contributed by atoms with Crippen LogP contribution in [0, 0.1) is 0 Å². The maximum absolute atomic E-state index is 12.0. The number of rotatable bonds is 1. The summed E-state index contributed by atoms with van der Waals surface area (Å²) in [6, 6.07) is -0.00133. The molecule has 1 saturated heterocycles. The summed E-state index contributed by atoms with van der Waals surface area (Å²) in [6.07, 6.45) is -0.787. The van der Waals surface area contributed by atoms with Crippen LogP contribution < -0.4 is 5.32 Å². The van der Waals surface area contributed by atoms with Crippen molar-refractivity contribution >= 4 is 6.09 Å². The fourth-order valence-corrected chi connectivity index (χ4v) is 1.79. The van der Waals surface area contributed by atoms with E-state index in [4.69, 9.17) is 4.74 Å². The number of hydrogen-bond acceptors (Lipinski definition) is 4. The number of aliphatic hydroxyl groups is 1. The standard InChI is InChI=1S/C12H24N2O3.C2H6/c1-8-6-13-10(9(2)15)7-14(8)11(16)17-12(3,4)5;1-2/h8-10,13,15H,6-7H2,1-5H3;1-2H3/t8?,9-,10-;/m0./s1. The van der Waals surface area contributed by atoms with Crippen molar-refractivity contribution in [3.8, 4) is 0 Å². The Morgan fingerprint density at radius 1 is 1.42 bits per heavy atom. The maximum Gasteiger partial charge on any atom is 0.410 e. The van der Waals surface area contributed by atoms with Gasteiger partial charge in [0.1, 0.15) is 5.60 Å². The zero-order valence-corrected chi connectivity index (χ0v) is 13.4. The van der Waals surface area contributed by atoms with Crippen LogP contribution in [0.15, 0.2) is 0 Å². The van der Waals surface area contributed by atoms with Crippen molar-refractivity contribution in [3.63, 3.8) is 0 Å². The highest BCUT2D eigenvalue weighted by Gasteiger charge is 2.33. The molecule has 0 radical (unpaired) electrons. The molecule has 19 heavy (non-hydrogen) atoms.